The van der Waals surface area contributed by atoms with Crippen LogP contribution in [0.25, 0.3) is 0 Å². The maximum Gasteiger partial charge on any atom is 0.0994 e. The zero-order valence-corrected chi connectivity index (χ0v) is 8.02. The van der Waals surface area contributed by atoms with Crippen LogP contribution in [-0.2, 0) is 0 Å². The third-order valence-electron chi connectivity index (χ3n) is 1.64. The van der Waals surface area contributed by atoms with Crippen LogP contribution in [0, 0.1) is 16.7 Å². The van der Waals surface area contributed by atoms with Gasteiger partial charge >= 0.3 is 0 Å². The summed E-state index contributed by atoms with van der Waals surface area (Å²) in [6.45, 7) is 13.5. The largest absolute Gasteiger partial charge is 0.192 e. The molecule has 0 spiro atoms. The highest BCUT2D eigenvalue weighted by Gasteiger charge is 2.17. The van der Waals surface area contributed by atoms with Crippen LogP contribution in [0.4, 0.5) is 0 Å². The van der Waals surface area contributed by atoms with Crippen molar-refractivity contribution in [3.05, 3.63) is 36.5 Å². The average Bonchev–Trinajstić information content (AvgIpc) is 1.97. The number of hydrogen-bond donors (Lipinski definition) is 0. The zero-order chi connectivity index (χ0) is 9.78. The molecule has 0 fully saturated rings. The maximum absolute atomic E-state index is 8.76. The van der Waals surface area contributed by atoms with Crippen LogP contribution in [0.15, 0.2) is 36.5 Å². The Morgan fingerprint density at radius 1 is 1.42 bits per heavy atom. The van der Waals surface area contributed by atoms with Crippen LogP contribution >= 0.6 is 0 Å². The Kier molecular flexibility index (Phi) is 3.50. The van der Waals surface area contributed by atoms with Gasteiger partial charge in [0.05, 0.1) is 11.6 Å². The molecule has 0 unspecified atom stereocenters. The molecule has 0 rings (SSSR count). The van der Waals surface area contributed by atoms with Crippen molar-refractivity contribution in [2.45, 2.75) is 20.8 Å². The van der Waals surface area contributed by atoms with Crippen LogP contribution in [0.1, 0.15) is 20.8 Å². The van der Waals surface area contributed by atoms with Gasteiger partial charge in [-0.25, -0.2) is 0 Å². The van der Waals surface area contributed by atoms with E-state index >= 15 is 0 Å². The summed E-state index contributed by atoms with van der Waals surface area (Å²) < 4.78 is 0. The van der Waals surface area contributed by atoms with Crippen LogP contribution in [0.2, 0.25) is 0 Å². The Morgan fingerprint density at radius 2 is 1.92 bits per heavy atom. The van der Waals surface area contributed by atoms with Crippen molar-refractivity contribution in [3.8, 4) is 6.07 Å². The van der Waals surface area contributed by atoms with Crippen molar-refractivity contribution in [1.29, 1.82) is 5.26 Å². The maximum atomic E-state index is 8.76. The number of rotatable bonds is 2. The van der Waals surface area contributed by atoms with Crippen molar-refractivity contribution in [3.63, 3.8) is 0 Å². The van der Waals surface area contributed by atoms with Gasteiger partial charge < -0.3 is 0 Å². The van der Waals surface area contributed by atoms with Gasteiger partial charge in [-0.3, -0.25) is 0 Å². The molecular weight excluding hydrogens is 146 g/mol. The summed E-state index contributed by atoms with van der Waals surface area (Å²) in [5, 5.41) is 8.76. The number of hydrogen-bond acceptors (Lipinski definition) is 1. The highest BCUT2D eigenvalue weighted by atomic mass is 14.3. The molecule has 0 aliphatic rings. The van der Waals surface area contributed by atoms with E-state index in [9.17, 15) is 0 Å². The first kappa shape index (κ1) is 10.7. The van der Waals surface area contributed by atoms with Gasteiger partial charge in [-0.05, 0) is 17.1 Å². The second-order valence-electron chi connectivity index (χ2n) is 3.66. The summed E-state index contributed by atoms with van der Waals surface area (Å²) in [5.74, 6) is 0. The van der Waals surface area contributed by atoms with Crippen LogP contribution in [0.5, 0.6) is 0 Å². The van der Waals surface area contributed by atoms with E-state index in [-0.39, 0.29) is 5.41 Å². The minimum absolute atomic E-state index is 0.0510. The first-order valence-electron chi connectivity index (χ1n) is 3.86. The molecule has 0 aliphatic carbocycles. The fraction of sp³-hybridized carbons (Fsp3) is 0.364. The second kappa shape index (κ2) is 3.92. The van der Waals surface area contributed by atoms with Crippen molar-refractivity contribution >= 4 is 0 Å². The van der Waals surface area contributed by atoms with Crippen LogP contribution in [-0.4, -0.2) is 0 Å². The first-order chi connectivity index (χ1) is 5.43. The zero-order valence-electron chi connectivity index (χ0n) is 8.02. The van der Waals surface area contributed by atoms with E-state index in [0.717, 1.165) is 5.57 Å². The highest BCUT2D eigenvalue weighted by Crippen LogP contribution is 2.28. The number of nitrogens with zero attached hydrogens (tertiary/aromatic N) is 1. The summed E-state index contributed by atoms with van der Waals surface area (Å²) in [6.07, 6.45) is 3.29. The van der Waals surface area contributed by atoms with Crippen molar-refractivity contribution in [2.24, 2.45) is 5.41 Å². The SMILES string of the molecule is C=C/C=C(/C#N)C(=C)C(C)(C)C. The molecule has 0 aliphatic heterocycles. The Morgan fingerprint density at radius 3 is 2.17 bits per heavy atom. The molecule has 1 heteroatoms. The smallest absolute Gasteiger partial charge is 0.0994 e. The van der Waals surface area contributed by atoms with Gasteiger partial charge in [0, 0.05) is 0 Å². The Labute approximate surface area is 74.7 Å². The molecule has 1 nitrogen and oxygen atoms in total. The molecule has 0 heterocycles. The lowest BCUT2D eigenvalue weighted by atomic mass is 9.83. The second-order valence-corrected chi connectivity index (χ2v) is 3.66. The molecule has 64 valence electrons. The summed E-state index contributed by atoms with van der Waals surface area (Å²) >= 11 is 0. The molecule has 0 atom stereocenters. The van der Waals surface area contributed by atoms with Gasteiger partial charge in [0.25, 0.3) is 0 Å². The predicted octanol–water partition coefficient (Wildman–Crippen LogP) is 3.22. The van der Waals surface area contributed by atoms with E-state index in [1.807, 2.05) is 20.8 Å². The monoisotopic (exact) mass is 161 g/mol. The van der Waals surface area contributed by atoms with Gasteiger partial charge in [-0.2, -0.15) is 5.26 Å². The Balaban J connectivity index is 4.82. The van der Waals surface area contributed by atoms with Gasteiger partial charge in [-0.15, -0.1) is 0 Å². The highest BCUT2D eigenvalue weighted by molar-refractivity contribution is 5.44. The average molecular weight is 161 g/mol. The van der Waals surface area contributed by atoms with Gasteiger partial charge in [-0.1, -0.05) is 40.0 Å². The van der Waals surface area contributed by atoms with E-state index in [0.29, 0.717) is 5.57 Å². The van der Waals surface area contributed by atoms with E-state index < -0.39 is 0 Å². The topological polar surface area (TPSA) is 23.8 Å². The van der Waals surface area contributed by atoms with Gasteiger partial charge in [0.2, 0.25) is 0 Å². The quantitative estimate of drug-likeness (QED) is 0.450. The lowest BCUT2D eigenvalue weighted by Crippen LogP contribution is -2.09. The molecule has 12 heavy (non-hydrogen) atoms. The molecule has 0 amide bonds. The number of allylic oxidation sites excluding steroid dienone is 4. The first-order valence-corrected chi connectivity index (χ1v) is 3.86. The third kappa shape index (κ3) is 2.75. The summed E-state index contributed by atoms with van der Waals surface area (Å²) in [4.78, 5) is 0. The molecule has 0 saturated heterocycles. The fourth-order valence-corrected chi connectivity index (χ4v) is 0.727. The molecule has 0 N–H and O–H groups in total. The molecule has 0 radical (unpaired) electrons. The summed E-state index contributed by atoms with van der Waals surface area (Å²) in [5.41, 5.74) is 1.41. The Hall–Kier alpha value is -1.29. The van der Waals surface area contributed by atoms with Crippen molar-refractivity contribution in [1.82, 2.24) is 0 Å². The molecule has 0 aromatic heterocycles. The van der Waals surface area contributed by atoms with E-state index in [2.05, 4.69) is 19.2 Å². The van der Waals surface area contributed by atoms with Gasteiger partial charge in [0.1, 0.15) is 0 Å². The Bertz CT molecular complexity index is 256. The molecule has 0 aromatic carbocycles. The lowest BCUT2D eigenvalue weighted by Gasteiger charge is -2.20. The van der Waals surface area contributed by atoms with Gasteiger partial charge in [0.15, 0.2) is 0 Å². The number of nitriles is 1. The van der Waals surface area contributed by atoms with E-state index in [1.165, 1.54) is 0 Å². The molecule has 0 aromatic rings. The minimum Gasteiger partial charge on any atom is -0.192 e. The predicted molar refractivity (Wildman–Crippen MR) is 52.5 cm³/mol. The minimum atomic E-state index is -0.0510. The van der Waals surface area contributed by atoms with Crippen LogP contribution in [0.3, 0.4) is 0 Å². The van der Waals surface area contributed by atoms with Crippen molar-refractivity contribution < 1.29 is 0 Å². The molecular formula is C11H15N. The normalized spacial score (nSPS) is 12.0. The molecule has 0 bridgehead atoms. The summed E-state index contributed by atoms with van der Waals surface area (Å²) in [7, 11) is 0. The van der Waals surface area contributed by atoms with Crippen molar-refractivity contribution in [2.75, 3.05) is 0 Å². The summed E-state index contributed by atoms with van der Waals surface area (Å²) in [6, 6.07) is 2.10. The van der Waals surface area contributed by atoms with E-state index in [1.54, 1.807) is 12.2 Å². The fourth-order valence-electron chi connectivity index (χ4n) is 0.727. The van der Waals surface area contributed by atoms with E-state index in [4.69, 9.17) is 5.26 Å². The molecule has 0 saturated carbocycles. The van der Waals surface area contributed by atoms with Crippen LogP contribution < -0.4 is 0 Å². The standard InChI is InChI=1S/C11H15N/c1-6-7-10(8-12)9(2)11(3,4)5/h6-7H,1-2H2,3-5H3/b10-7-. The lowest BCUT2D eigenvalue weighted by molar-refractivity contribution is 0.515. The third-order valence-corrected chi connectivity index (χ3v) is 1.64.